The van der Waals surface area contributed by atoms with Crippen LogP contribution in [0.15, 0.2) is 389 Å². The van der Waals surface area contributed by atoms with E-state index in [1.807, 2.05) is 95.5 Å². The van der Waals surface area contributed by atoms with E-state index in [0.717, 1.165) is 129 Å². The van der Waals surface area contributed by atoms with Crippen LogP contribution in [0.25, 0.3) is 239 Å². The van der Waals surface area contributed by atoms with E-state index in [9.17, 15) is 0 Å². The molecule has 0 saturated heterocycles. The Hall–Kier alpha value is -15.2. The number of hydrogen-bond donors (Lipinski definition) is 0. The summed E-state index contributed by atoms with van der Waals surface area (Å²) >= 11 is 3.67. The van der Waals surface area contributed by atoms with Crippen molar-refractivity contribution < 1.29 is 0 Å². The lowest BCUT2D eigenvalue weighted by molar-refractivity contribution is 1.22. The van der Waals surface area contributed by atoms with Crippen molar-refractivity contribution in [2.24, 2.45) is 0 Å². The van der Waals surface area contributed by atoms with Crippen molar-refractivity contribution in [3.8, 4) is 113 Å². The molecule has 0 atom stereocenters. The van der Waals surface area contributed by atoms with Crippen LogP contribution in [0.5, 0.6) is 0 Å². The highest BCUT2D eigenvalue weighted by Crippen LogP contribution is 2.49. The van der Waals surface area contributed by atoms with E-state index >= 15 is 0 Å². The Labute approximate surface area is 685 Å². The zero-order valence-corrected chi connectivity index (χ0v) is 65.0. The minimum atomic E-state index is 0.807. The number of rotatable bonds is 10. The molecule has 10 heteroatoms. The molecule has 0 unspecified atom stereocenters. The average molecular weight is 1540 g/mol. The fourth-order valence-electron chi connectivity index (χ4n) is 17.5. The molecule has 24 rings (SSSR count). The van der Waals surface area contributed by atoms with E-state index < -0.39 is 0 Å². The molecule has 0 aliphatic carbocycles. The van der Waals surface area contributed by atoms with Crippen molar-refractivity contribution in [2.45, 2.75) is 0 Å². The van der Waals surface area contributed by atoms with E-state index in [-0.39, 0.29) is 0 Å². The maximum absolute atomic E-state index is 5.54. The van der Waals surface area contributed by atoms with Crippen LogP contribution in [0.2, 0.25) is 0 Å². The molecule has 10 aromatic heterocycles. The van der Waals surface area contributed by atoms with Crippen molar-refractivity contribution in [1.29, 1.82) is 0 Å². The molecule has 14 aromatic carbocycles. The SMILES string of the molecule is c1ccc(-c2cc(-c3ccc(-c4ccc5c(c4)nc(-c4ccc6c7ccccc7c7ccccc7c6c4)c4sc6ccccc6c45)cc3)cc(-c3ccccn3)n2)nc1.c1ccc(-c2cc(-c3cccc(-c4ccc5nc(-c6ccc7c8ccccc8c8ccccc8c7c6)c6sc7ccccc7c6c5c4)c3)cc(-c3ccccn3)n2)nc1. The molecule has 0 aliphatic heterocycles. The largest absolute Gasteiger partial charge is 0.255 e. The van der Waals surface area contributed by atoms with Crippen LogP contribution in [0.4, 0.5) is 0 Å². The molecule has 8 nitrogen and oxygen atoms in total. The number of pyridine rings is 8. The zero-order chi connectivity index (χ0) is 77.7. The molecule has 0 fully saturated rings. The quantitative estimate of drug-likeness (QED) is 0.125. The Bertz CT molecular complexity index is 7990. The third-order valence-electron chi connectivity index (χ3n) is 23.1. The number of benzene rings is 14. The minimum absolute atomic E-state index is 0.807. The first-order valence-electron chi connectivity index (χ1n) is 39.6. The zero-order valence-electron chi connectivity index (χ0n) is 63.3. The molecule has 0 saturated carbocycles. The highest BCUT2D eigenvalue weighted by molar-refractivity contribution is 7.27. The van der Waals surface area contributed by atoms with Gasteiger partial charge in [0.25, 0.3) is 0 Å². The summed E-state index contributed by atoms with van der Waals surface area (Å²) < 4.78 is 4.94. The lowest BCUT2D eigenvalue weighted by atomic mass is 9.92. The van der Waals surface area contributed by atoms with Crippen molar-refractivity contribution in [1.82, 2.24) is 39.9 Å². The van der Waals surface area contributed by atoms with Crippen LogP contribution >= 0.6 is 22.7 Å². The first kappa shape index (κ1) is 68.4. The van der Waals surface area contributed by atoms with Gasteiger partial charge in [0, 0.05) is 77.6 Å². The Balaban J connectivity index is 0.000000138. The molecule has 548 valence electrons. The summed E-state index contributed by atoms with van der Waals surface area (Å²) in [5.41, 5.74) is 21.6. The molecule has 0 N–H and O–H groups in total. The average Bonchev–Trinajstić information content (AvgIpc) is 1.25. The van der Waals surface area contributed by atoms with E-state index in [1.165, 1.54) is 110 Å². The second-order valence-electron chi connectivity index (χ2n) is 30.0. The van der Waals surface area contributed by atoms with E-state index in [1.54, 1.807) is 24.8 Å². The molecule has 0 aliphatic rings. The lowest BCUT2D eigenvalue weighted by Crippen LogP contribution is -1.94. The number of hydrogen-bond acceptors (Lipinski definition) is 10. The van der Waals surface area contributed by atoms with Gasteiger partial charge < -0.3 is 0 Å². The van der Waals surface area contributed by atoms with Crippen LogP contribution in [0, 0.1) is 0 Å². The molecule has 0 bridgehead atoms. The van der Waals surface area contributed by atoms with Crippen LogP contribution in [-0.2, 0) is 0 Å². The Morgan fingerprint density at radius 3 is 0.898 bits per heavy atom. The summed E-state index contributed by atoms with van der Waals surface area (Å²) in [5.74, 6) is 0. The van der Waals surface area contributed by atoms with Crippen molar-refractivity contribution >= 4 is 149 Å². The summed E-state index contributed by atoms with van der Waals surface area (Å²) in [5, 5.41) is 22.5. The number of fused-ring (bicyclic) bond motifs is 22. The van der Waals surface area contributed by atoms with Gasteiger partial charge >= 0.3 is 0 Å². The summed E-state index contributed by atoms with van der Waals surface area (Å²) in [7, 11) is 0. The van der Waals surface area contributed by atoms with Gasteiger partial charge in [-0.05, 0) is 230 Å². The number of nitrogens with zero attached hydrogens (tertiary/aromatic N) is 8. The molecule has 0 amide bonds. The number of aromatic nitrogens is 8. The van der Waals surface area contributed by atoms with E-state index in [4.69, 9.17) is 19.9 Å². The van der Waals surface area contributed by atoms with Gasteiger partial charge in [-0.25, -0.2) is 19.9 Å². The van der Waals surface area contributed by atoms with Crippen LogP contribution < -0.4 is 0 Å². The smallest absolute Gasteiger partial charge is 0.0900 e. The predicted molar refractivity (Wildman–Crippen MR) is 495 cm³/mol. The molecule has 0 radical (unpaired) electrons. The first-order chi connectivity index (χ1) is 58.5. The summed E-state index contributed by atoms with van der Waals surface area (Å²) in [6.45, 7) is 0. The van der Waals surface area contributed by atoms with Crippen LogP contribution in [-0.4, -0.2) is 39.9 Å². The highest BCUT2D eigenvalue weighted by atomic mass is 32.1. The van der Waals surface area contributed by atoms with Crippen molar-refractivity contribution in [3.63, 3.8) is 0 Å². The summed E-state index contributed by atoms with van der Waals surface area (Å²) in [6.07, 6.45) is 7.22. The molecule has 10 heterocycles. The second-order valence-corrected chi connectivity index (χ2v) is 32.1. The fourth-order valence-corrected chi connectivity index (χ4v) is 20.0. The molecule has 118 heavy (non-hydrogen) atoms. The van der Waals surface area contributed by atoms with E-state index in [0.29, 0.717) is 0 Å². The van der Waals surface area contributed by atoms with Gasteiger partial charge in [-0.2, -0.15) is 0 Å². The molecular weight excluding hydrogens is 1470 g/mol. The summed E-state index contributed by atoms with van der Waals surface area (Å²) in [4.78, 5) is 39.5. The predicted octanol–water partition coefficient (Wildman–Crippen LogP) is 29.2. The Morgan fingerprint density at radius 1 is 0.161 bits per heavy atom. The summed E-state index contributed by atoms with van der Waals surface area (Å²) in [6, 6.07) is 130. The van der Waals surface area contributed by atoms with E-state index in [2.05, 4.69) is 311 Å². The van der Waals surface area contributed by atoms with Gasteiger partial charge in [-0.15, -0.1) is 22.7 Å². The standard InChI is InChI=1S/2C54H32N4S/c1-2-16-40-38(14-1)39-15-3-4-17-41(39)44-30-36(22-24-42(40)44)53-54-52(43-18-5-6-21-51(43)59-54)45-29-35(23-25-46(45)58-53)33-12-11-13-34(28-33)37-31-49(47-19-7-9-26-55-47)57-50(32-37)48-20-8-10-27-56-48;1-2-13-40-38(11-1)39-12-3-4-14-41(39)45-29-36(24-25-42(40)45)53-54-52(44-15-5-6-18-51(44)59-54)43-26-23-35(30-48(43)58-53)33-19-21-34(22-20-33)37-31-49(46-16-7-9-27-55-46)57-50(32-37)47-17-8-10-28-56-47/h2*1-32H. The Morgan fingerprint density at radius 2 is 0.466 bits per heavy atom. The van der Waals surface area contributed by atoms with Crippen LogP contribution in [0.3, 0.4) is 0 Å². The van der Waals surface area contributed by atoms with Crippen LogP contribution in [0.1, 0.15) is 0 Å². The first-order valence-corrected chi connectivity index (χ1v) is 41.2. The molecule has 24 aromatic rings. The van der Waals surface area contributed by atoms with Gasteiger partial charge in [0.05, 0.1) is 77.4 Å². The number of thiophene rings is 2. The van der Waals surface area contributed by atoms with Gasteiger partial charge in [0.2, 0.25) is 0 Å². The fraction of sp³-hybridized carbons (Fsp3) is 0. The third-order valence-corrected chi connectivity index (χ3v) is 25.4. The monoisotopic (exact) mass is 1540 g/mol. The topological polar surface area (TPSA) is 103 Å². The van der Waals surface area contributed by atoms with Gasteiger partial charge in [0.15, 0.2) is 0 Å². The molecular formula is C108H64N8S2. The highest BCUT2D eigenvalue weighted by Gasteiger charge is 2.23. The second kappa shape index (κ2) is 28.4. The lowest BCUT2D eigenvalue weighted by Gasteiger charge is -2.13. The van der Waals surface area contributed by atoms with Crippen molar-refractivity contribution in [3.05, 3.63) is 389 Å². The molecule has 0 spiro atoms. The maximum atomic E-state index is 5.54. The normalized spacial score (nSPS) is 11.7. The Kier molecular flexibility index (Phi) is 16.5. The maximum Gasteiger partial charge on any atom is 0.0900 e. The third kappa shape index (κ3) is 11.9. The van der Waals surface area contributed by atoms with Gasteiger partial charge in [-0.1, -0.05) is 243 Å². The van der Waals surface area contributed by atoms with Gasteiger partial charge in [0.1, 0.15) is 0 Å². The minimum Gasteiger partial charge on any atom is -0.255 e. The van der Waals surface area contributed by atoms with Crippen molar-refractivity contribution in [2.75, 3.05) is 0 Å². The van der Waals surface area contributed by atoms with Gasteiger partial charge in [-0.3, -0.25) is 19.9 Å².